The Morgan fingerprint density at radius 1 is 0.426 bits per heavy atom. The minimum absolute atomic E-state index is 0.156. The molecule has 0 N–H and O–H groups in total. The van der Waals surface area contributed by atoms with E-state index in [-0.39, 0.29) is 25.2 Å². The zero-order valence-electron chi connectivity index (χ0n) is 28.4. The average Bonchev–Trinajstić information content (AvgIpc) is 3.09. The second kappa shape index (κ2) is 35.1. The van der Waals surface area contributed by atoms with Crippen molar-refractivity contribution in [2.75, 3.05) is 132 Å². The van der Waals surface area contributed by atoms with Crippen LogP contribution in [0.2, 0.25) is 0 Å². The molecule has 0 amide bonds. The highest BCUT2D eigenvalue weighted by Gasteiger charge is 2.05. The van der Waals surface area contributed by atoms with Crippen LogP contribution in [0.5, 0.6) is 0 Å². The second-order valence-corrected chi connectivity index (χ2v) is 10.0. The van der Waals surface area contributed by atoms with Gasteiger partial charge in [0.05, 0.1) is 124 Å². The predicted octanol–water partition coefficient (Wildman–Crippen LogP) is 3.51. The Kier molecular flexibility index (Phi) is 32.0. The summed E-state index contributed by atoms with van der Waals surface area (Å²) in [6.07, 6.45) is 4.74. The molecule has 1 aromatic carbocycles. The second-order valence-electron chi connectivity index (χ2n) is 10.0. The third-order valence-electron chi connectivity index (χ3n) is 6.17. The van der Waals surface area contributed by atoms with Crippen molar-refractivity contribution in [3.63, 3.8) is 0 Å². The molecule has 0 aliphatic rings. The van der Waals surface area contributed by atoms with Gasteiger partial charge in [-0.15, -0.1) is 0 Å². The number of rotatable bonds is 36. The quantitative estimate of drug-likeness (QED) is 0.0760. The van der Waals surface area contributed by atoms with E-state index >= 15 is 0 Å². The molecule has 0 spiro atoms. The lowest BCUT2D eigenvalue weighted by Gasteiger charge is -2.09. The van der Waals surface area contributed by atoms with Crippen molar-refractivity contribution in [1.29, 1.82) is 0 Å². The van der Waals surface area contributed by atoms with Crippen LogP contribution in [0.15, 0.2) is 30.3 Å². The fourth-order valence-corrected chi connectivity index (χ4v) is 3.69. The molecular weight excluding hydrogens is 616 g/mol. The molecule has 0 aliphatic heterocycles. The van der Waals surface area contributed by atoms with Gasteiger partial charge in [-0.3, -0.25) is 4.79 Å². The summed E-state index contributed by atoms with van der Waals surface area (Å²) in [5.74, 6) is -0.515. The third kappa shape index (κ3) is 30.9. The van der Waals surface area contributed by atoms with Crippen LogP contribution in [-0.4, -0.2) is 144 Å². The zero-order valence-corrected chi connectivity index (χ0v) is 28.4. The Morgan fingerprint density at radius 3 is 1.13 bits per heavy atom. The van der Waals surface area contributed by atoms with Gasteiger partial charge in [-0.25, -0.2) is 4.79 Å². The predicted molar refractivity (Wildman–Crippen MR) is 174 cm³/mol. The molecule has 0 aromatic heterocycles. The number of esters is 2. The molecule has 0 radical (unpaired) electrons. The Balaban J connectivity index is 1.65. The summed E-state index contributed by atoms with van der Waals surface area (Å²) in [5, 5.41) is 0. The van der Waals surface area contributed by atoms with Crippen molar-refractivity contribution in [3.8, 4) is 0 Å². The Bertz CT molecular complexity index is 812. The van der Waals surface area contributed by atoms with Gasteiger partial charge in [0.25, 0.3) is 0 Å². The van der Waals surface area contributed by atoms with E-state index in [1.807, 2.05) is 6.07 Å². The van der Waals surface area contributed by atoms with Crippen LogP contribution in [0.3, 0.4) is 0 Å². The van der Waals surface area contributed by atoms with E-state index in [1.54, 1.807) is 24.3 Å². The first-order valence-corrected chi connectivity index (χ1v) is 16.8. The zero-order chi connectivity index (χ0) is 33.7. The Morgan fingerprint density at radius 2 is 0.766 bits per heavy atom. The average molecular weight is 675 g/mol. The van der Waals surface area contributed by atoms with E-state index in [2.05, 4.69) is 6.92 Å². The van der Waals surface area contributed by atoms with Crippen LogP contribution in [0.1, 0.15) is 49.4 Å². The van der Waals surface area contributed by atoms with E-state index < -0.39 is 0 Å². The summed E-state index contributed by atoms with van der Waals surface area (Å²) in [6.45, 7) is 10.9. The maximum atomic E-state index is 11.8. The van der Waals surface area contributed by atoms with Gasteiger partial charge in [0, 0.05) is 6.42 Å². The first-order chi connectivity index (χ1) is 23.2. The molecular formula is C34H58O13. The van der Waals surface area contributed by atoms with Crippen LogP contribution >= 0.6 is 0 Å². The molecule has 0 bridgehead atoms. The van der Waals surface area contributed by atoms with Crippen molar-refractivity contribution in [1.82, 2.24) is 0 Å². The smallest absolute Gasteiger partial charge is 0.338 e. The molecule has 13 nitrogen and oxygen atoms in total. The van der Waals surface area contributed by atoms with Crippen molar-refractivity contribution in [2.24, 2.45) is 0 Å². The van der Waals surface area contributed by atoms with Crippen LogP contribution < -0.4 is 0 Å². The van der Waals surface area contributed by atoms with Crippen LogP contribution in [0, 0.1) is 0 Å². The van der Waals surface area contributed by atoms with Gasteiger partial charge in [0.15, 0.2) is 0 Å². The van der Waals surface area contributed by atoms with Gasteiger partial charge in [-0.2, -0.15) is 0 Å². The minimum atomic E-state index is -0.359. The summed E-state index contributed by atoms with van der Waals surface area (Å²) in [5.41, 5.74) is 0.523. The topological polar surface area (TPSA) is 136 Å². The number of hydrogen-bond donors (Lipinski definition) is 0. The van der Waals surface area contributed by atoms with Gasteiger partial charge in [0.2, 0.25) is 0 Å². The number of unbranched alkanes of at least 4 members (excludes halogenated alkanes) is 3. The number of hydrogen-bond acceptors (Lipinski definition) is 13. The van der Waals surface area contributed by atoms with Crippen molar-refractivity contribution >= 4 is 11.9 Å². The lowest BCUT2D eigenvalue weighted by molar-refractivity contribution is -0.145. The highest BCUT2D eigenvalue weighted by atomic mass is 16.6. The number of ether oxygens (including phenoxy) is 11. The molecule has 0 atom stereocenters. The Labute approximate surface area is 280 Å². The van der Waals surface area contributed by atoms with Crippen molar-refractivity contribution in [3.05, 3.63) is 35.9 Å². The molecule has 0 saturated carbocycles. The number of carbonyl (C=O) groups excluding carboxylic acids is 2. The molecule has 1 aromatic rings. The Hall–Kier alpha value is -2.20. The van der Waals surface area contributed by atoms with Crippen molar-refractivity contribution < 1.29 is 61.7 Å². The summed E-state index contributed by atoms with van der Waals surface area (Å²) < 4.78 is 59.2. The largest absolute Gasteiger partial charge is 0.463 e. The number of benzene rings is 1. The molecule has 0 unspecified atom stereocenters. The summed E-state index contributed by atoms with van der Waals surface area (Å²) in [7, 11) is 0. The van der Waals surface area contributed by atoms with E-state index in [4.69, 9.17) is 52.1 Å². The van der Waals surface area contributed by atoms with Gasteiger partial charge < -0.3 is 52.1 Å². The van der Waals surface area contributed by atoms with Crippen molar-refractivity contribution in [2.45, 2.75) is 39.0 Å². The molecule has 0 saturated heterocycles. The van der Waals surface area contributed by atoms with Crippen LogP contribution in [0.4, 0.5) is 0 Å². The lowest BCUT2D eigenvalue weighted by Crippen LogP contribution is -2.16. The highest BCUT2D eigenvalue weighted by Crippen LogP contribution is 2.03. The van der Waals surface area contributed by atoms with Gasteiger partial charge in [0.1, 0.15) is 13.2 Å². The molecule has 0 heterocycles. The lowest BCUT2D eigenvalue weighted by atomic mass is 10.2. The normalized spacial score (nSPS) is 11.2. The first-order valence-electron chi connectivity index (χ1n) is 16.8. The first kappa shape index (κ1) is 42.8. The van der Waals surface area contributed by atoms with E-state index in [0.29, 0.717) is 131 Å². The summed E-state index contributed by atoms with van der Waals surface area (Å²) in [6, 6.07) is 8.84. The molecule has 0 fully saturated rings. The van der Waals surface area contributed by atoms with Crippen LogP contribution in [0.25, 0.3) is 0 Å². The maximum absolute atomic E-state index is 11.8. The number of carbonyl (C=O) groups is 2. The van der Waals surface area contributed by atoms with Gasteiger partial charge >= 0.3 is 11.9 Å². The molecule has 47 heavy (non-hydrogen) atoms. The van der Waals surface area contributed by atoms with Gasteiger partial charge in [-0.05, 0) is 18.6 Å². The maximum Gasteiger partial charge on any atom is 0.338 e. The fraction of sp³-hybridized carbons (Fsp3) is 0.765. The molecule has 272 valence electrons. The fourth-order valence-electron chi connectivity index (χ4n) is 3.69. The molecule has 13 heteroatoms. The van der Waals surface area contributed by atoms with Crippen LogP contribution in [-0.2, 0) is 56.9 Å². The van der Waals surface area contributed by atoms with E-state index in [0.717, 1.165) is 25.7 Å². The molecule has 1 rings (SSSR count). The summed E-state index contributed by atoms with van der Waals surface area (Å²) in [4.78, 5) is 23.3. The summed E-state index contributed by atoms with van der Waals surface area (Å²) >= 11 is 0. The standard InChI is InChI=1S/C34H58O13/c1-2-3-4-8-11-33(35)46-30-28-44-26-24-42-22-20-40-18-16-38-14-12-37-13-15-39-17-19-41-21-23-43-25-27-45-29-31-47-34(36)32-9-6-5-7-10-32/h5-7,9-10H,2-4,8,11-31H2,1H3. The third-order valence-corrected chi connectivity index (χ3v) is 6.17. The monoisotopic (exact) mass is 674 g/mol. The van der Waals surface area contributed by atoms with Gasteiger partial charge in [-0.1, -0.05) is 44.4 Å². The van der Waals surface area contributed by atoms with E-state index in [1.165, 1.54) is 0 Å². The minimum Gasteiger partial charge on any atom is -0.463 e. The molecule has 0 aliphatic carbocycles. The highest BCUT2D eigenvalue weighted by molar-refractivity contribution is 5.89. The van der Waals surface area contributed by atoms with E-state index in [9.17, 15) is 9.59 Å². The SMILES string of the molecule is CCCCCCC(=O)OCCOCCOCCOCCOCCOCCOCCOCCOCCOCCOC(=O)c1ccccc1.